The van der Waals surface area contributed by atoms with E-state index < -0.39 is 10.0 Å². The normalized spacial score (nSPS) is 19.5. The van der Waals surface area contributed by atoms with Crippen LogP contribution in [-0.4, -0.2) is 37.6 Å². The van der Waals surface area contributed by atoms with Gasteiger partial charge in [-0.3, -0.25) is 0 Å². The van der Waals surface area contributed by atoms with Crippen LogP contribution in [0.25, 0.3) is 10.1 Å². The van der Waals surface area contributed by atoms with E-state index in [-0.39, 0.29) is 17.5 Å². The van der Waals surface area contributed by atoms with Gasteiger partial charge in [-0.25, -0.2) is 8.42 Å². The number of ether oxygens (including phenoxy) is 1. The van der Waals surface area contributed by atoms with Crippen molar-refractivity contribution in [3.63, 3.8) is 0 Å². The molecule has 6 nitrogen and oxygen atoms in total. The van der Waals surface area contributed by atoms with E-state index >= 15 is 0 Å². The lowest BCUT2D eigenvalue weighted by Crippen LogP contribution is -2.42. The van der Waals surface area contributed by atoms with Gasteiger partial charge in [0.25, 0.3) is 0 Å². The van der Waals surface area contributed by atoms with Crippen LogP contribution < -0.4 is 0 Å². The summed E-state index contributed by atoms with van der Waals surface area (Å²) in [5, 5.41) is 6.95. The van der Waals surface area contributed by atoms with E-state index in [0.717, 1.165) is 10.9 Å². The average Bonchev–Trinajstić information content (AvgIpc) is 3.18. The number of sulfonamides is 1. The fourth-order valence-corrected chi connectivity index (χ4v) is 5.97. The quantitative estimate of drug-likeness (QED) is 0.699. The van der Waals surface area contributed by atoms with Gasteiger partial charge in [0.15, 0.2) is 5.76 Å². The predicted octanol–water partition coefficient (Wildman–Crippen LogP) is 3.27. The van der Waals surface area contributed by atoms with E-state index in [4.69, 9.17) is 9.26 Å². The van der Waals surface area contributed by atoms with Gasteiger partial charge < -0.3 is 9.26 Å². The Labute approximate surface area is 150 Å². The minimum absolute atomic E-state index is 0.170. The number of fused-ring (bicyclic) bond motifs is 1. The SMILES string of the molecule is Cc1noc(C)c1S(=O)(=O)N1CCOC(c2csc3ccccc23)C1. The van der Waals surface area contributed by atoms with Gasteiger partial charge in [0.1, 0.15) is 10.6 Å². The van der Waals surface area contributed by atoms with Gasteiger partial charge in [-0.2, -0.15) is 4.31 Å². The topological polar surface area (TPSA) is 72.6 Å². The van der Waals surface area contributed by atoms with Gasteiger partial charge in [0, 0.05) is 23.4 Å². The Morgan fingerprint density at radius 1 is 1.28 bits per heavy atom. The predicted molar refractivity (Wildman–Crippen MR) is 95.3 cm³/mol. The van der Waals surface area contributed by atoms with E-state index in [0.29, 0.717) is 24.6 Å². The number of aromatic nitrogens is 1. The van der Waals surface area contributed by atoms with Crippen LogP contribution in [0, 0.1) is 13.8 Å². The van der Waals surface area contributed by atoms with Crippen molar-refractivity contribution >= 4 is 31.4 Å². The van der Waals surface area contributed by atoms with Crippen LogP contribution in [0.15, 0.2) is 39.1 Å². The Bertz CT molecular complexity index is 1000. The summed E-state index contributed by atoms with van der Waals surface area (Å²) in [6, 6.07) is 8.09. The summed E-state index contributed by atoms with van der Waals surface area (Å²) in [6.45, 7) is 4.24. The highest BCUT2D eigenvalue weighted by Crippen LogP contribution is 2.35. The molecular weight excluding hydrogens is 360 g/mol. The third-order valence-electron chi connectivity index (χ3n) is 4.45. The van der Waals surface area contributed by atoms with Crippen molar-refractivity contribution in [2.45, 2.75) is 24.8 Å². The molecule has 0 N–H and O–H groups in total. The third-order valence-corrected chi connectivity index (χ3v) is 7.54. The summed E-state index contributed by atoms with van der Waals surface area (Å²) in [5.41, 5.74) is 1.43. The molecule has 1 aliphatic rings. The second-order valence-electron chi connectivity index (χ2n) is 6.06. The van der Waals surface area contributed by atoms with Gasteiger partial charge in [0.05, 0.1) is 12.7 Å². The number of benzene rings is 1. The van der Waals surface area contributed by atoms with E-state index in [1.807, 2.05) is 18.2 Å². The van der Waals surface area contributed by atoms with Gasteiger partial charge in [-0.05, 0) is 30.7 Å². The number of hydrogen-bond donors (Lipinski definition) is 0. The van der Waals surface area contributed by atoms with Crippen LogP contribution in [0.1, 0.15) is 23.1 Å². The smallest absolute Gasteiger partial charge is 0.248 e. The Morgan fingerprint density at radius 3 is 2.84 bits per heavy atom. The molecule has 0 spiro atoms. The van der Waals surface area contributed by atoms with Crippen molar-refractivity contribution in [3.8, 4) is 0 Å². The minimum atomic E-state index is -3.66. The zero-order valence-corrected chi connectivity index (χ0v) is 15.6. The summed E-state index contributed by atoms with van der Waals surface area (Å²) in [6.07, 6.45) is -0.278. The molecule has 3 heterocycles. The average molecular weight is 378 g/mol. The van der Waals surface area contributed by atoms with Crippen molar-refractivity contribution in [2.75, 3.05) is 19.7 Å². The molecule has 0 bridgehead atoms. The van der Waals surface area contributed by atoms with Crippen molar-refractivity contribution in [3.05, 3.63) is 46.7 Å². The molecular formula is C17H18N2O4S2. The van der Waals surface area contributed by atoms with Gasteiger partial charge >= 0.3 is 0 Å². The summed E-state index contributed by atoms with van der Waals surface area (Å²) in [5.74, 6) is 0.321. The summed E-state index contributed by atoms with van der Waals surface area (Å²) in [4.78, 5) is 0.170. The van der Waals surface area contributed by atoms with Crippen molar-refractivity contribution in [1.29, 1.82) is 0 Å². The van der Waals surface area contributed by atoms with Crippen LogP contribution in [0.4, 0.5) is 0 Å². The third kappa shape index (κ3) is 2.79. The van der Waals surface area contributed by atoms with Gasteiger partial charge in [0.2, 0.25) is 10.0 Å². The summed E-state index contributed by atoms with van der Waals surface area (Å²) >= 11 is 1.65. The van der Waals surface area contributed by atoms with Crippen molar-refractivity contribution < 1.29 is 17.7 Å². The molecule has 1 aliphatic heterocycles. The molecule has 25 heavy (non-hydrogen) atoms. The highest BCUT2D eigenvalue weighted by Gasteiger charge is 2.35. The first-order chi connectivity index (χ1) is 12.0. The number of aryl methyl sites for hydroxylation is 2. The number of nitrogens with zero attached hydrogens (tertiary/aromatic N) is 2. The zero-order chi connectivity index (χ0) is 17.6. The first kappa shape index (κ1) is 16.7. The van der Waals surface area contributed by atoms with E-state index in [2.05, 4.69) is 16.6 Å². The highest BCUT2D eigenvalue weighted by atomic mass is 32.2. The minimum Gasteiger partial charge on any atom is -0.371 e. The molecule has 0 amide bonds. The van der Waals surface area contributed by atoms with Crippen molar-refractivity contribution in [1.82, 2.24) is 9.46 Å². The molecule has 0 saturated carbocycles. The maximum Gasteiger partial charge on any atom is 0.248 e. The largest absolute Gasteiger partial charge is 0.371 e. The lowest BCUT2D eigenvalue weighted by Gasteiger charge is -2.32. The first-order valence-corrected chi connectivity index (χ1v) is 10.3. The molecule has 0 aliphatic carbocycles. The van der Waals surface area contributed by atoms with Gasteiger partial charge in [-0.15, -0.1) is 11.3 Å². The Hall–Kier alpha value is -1.74. The Kier molecular flexibility index (Phi) is 4.15. The first-order valence-electron chi connectivity index (χ1n) is 7.99. The number of morpholine rings is 1. The molecule has 132 valence electrons. The molecule has 4 rings (SSSR count). The second kappa shape index (κ2) is 6.21. The van der Waals surface area contributed by atoms with Crippen molar-refractivity contribution in [2.24, 2.45) is 0 Å². The summed E-state index contributed by atoms with van der Waals surface area (Å²) in [7, 11) is -3.66. The standard InChI is InChI=1S/C17H18N2O4S2/c1-11-17(12(2)23-18-11)25(20,21)19-7-8-22-15(9-19)14-10-24-16-6-4-3-5-13(14)16/h3-6,10,15H,7-9H2,1-2H3. The van der Waals surface area contributed by atoms with Crippen LogP contribution in [0.3, 0.4) is 0 Å². The van der Waals surface area contributed by atoms with E-state index in [1.54, 1.807) is 25.2 Å². The molecule has 2 aromatic heterocycles. The van der Waals surface area contributed by atoms with Crippen LogP contribution in [-0.2, 0) is 14.8 Å². The maximum absolute atomic E-state index is 13.0. The van der Waals surface area contributed by atoms with Crippen LogP contribution >= 0.6 is 11.3 Å². The molecule has 3 aromatic rings. The number of rotatable bonds is 3. The Balaban J connectivity index is 1.67. The molecule has 0 radical (unpaired) electrons. The zero-order valence-electron chi connectivity index (χ0n) is 13.9. The fourth-order valence-electron chi connectivity index (χ4n) is 3.25. The second-order valence-corrected chi connectivity index (χ2v) is 8.85. The lowest BCUT2D eigenvalue weighted by atomic mass is 10.1. The number of thiophene rings is 1. The molecule has 1 aromatic carbocycles. The molecule has 1 atom stereocenters. The summed E-state index contributed by atoms with van der Waals surface area (Å²) < 4.78 is 39.7. The molecule has 1 saturated heterocycles. The monoisotopic (exact) mass is 378 g/mol. The fraction of sp³-hybridized carbons (Fsp3) is 0.353. The van der Waals surface area contributed by atoms with Crippen LogP contribution in [0.5, 0.6) is 0 Å². The molecule has 1 fully saturated rings. The molecule has 8 heteroatoms. The molecule has 1 unspecified atom stereocenters. The highest BCUT2D eigenvalue weighted by molar-refractivity contribution is 7.89. The maximum atomic E-state index is 13.0. The van der Waals surface area contributed by atoms with E-state index in [1.165, 1.54) is 9.01 Å². The lowest BCUT2D eigenvalue weighted by molar-refractivity contribution is -0.00157. The Morgan fingerprint density at radius 2 is 2.08 bits per heavy atom. The van der Waals surface area contributed by atoms with Gasteiger partial charge in [-0.1, -0.05) is 23.4 Å². The number of hydrogen-bond acceptors (Lipinski definition) is 6. The van der Waals surface area contributed by atoms with E-state index in [9.17, 15) is 8.42 Å². The van der Waals surface area contributed by atoms with Crippen LogP contribution in [0.2, 0.25) is 0 Å².